The van der Waals surface area contributed by atoms with Crippen molar-refractivity contribution in [2.24, 2.45) is 4.99 Å². The number of benzene rings is 2. The molecule has 0 saturated heterocycles. The Labute approximate surface area is 166 Å². The van der Waals surface area contributed by atoms with Crippen LogP contribution in [0.3, 0.4) is 0 Å². The van der Waals surface area contributed by atoms with Crippen LogP contribution in [0.1, 0.15) is 12.0 Å². The van der Waals surface area contributed by atoms with E-state index >= 15 is 0 Å². The molecule has 2 aromatic rings. The standard InChI is InChI=1S/C19H25N3O2.HI/c1-20-19(21-12-7-13-23-2)22-15-16-8-6-11-18(14-16)24-17-9-4-3-5-10-17;/h3-6,8-11,14H,7,12-13,15H2,1-2H3,(H2,20,21,22);1H. The van der Waals surface area contributed by atoms with Gasteiger partial charge < -0.3 is 20.1 Å². The molecule has 0 aliphatic rings. The second-order valence-electron chi connectivity index (χ2n) is 5.26. The Morgan fingerprint density at radius 3 is 2.48 bits per heavy atom. The molecular formula is C19H26IN3O2. The molecule has 0 fully saturated rings. The molecule has 2 aromatic carbocycles. The highest BCUT2D eigenvalue weighted by molar-refractivity contribution is 14.0. The molecule has 2 N–H and O–H groups in total. The Hall–Kier alpha value is -1.80. The number of ether oxygens (including phenoxy) is 2. The van der Waals surface area contributed by atoms with E-state index in [1.54, 1.807) is 14.2 Å². The van der Waals surface area contributed by atoms with Crippen molar-refractivity contribution in [2.45, 2.75) is 13.0 Å². The van der Waals surface area contributed by atoms with Gasteiger partial charge in [-0.2, -0.15) is 0 Å². The summed E-state index contributed by atoms with van der Waals surface area (Å²) >= 11 is 0. The first-order valence-electron chi connectivity index (χ1n) is 8.07. The summed E-state index contributed by atoms with van der Waals surface area (Å²) in [5.41, 5.74) is 1.13. The molecule has 6 heteroatoms. The summed E-state index contributed by atoms with van der Waals surface area (Å²) in [4.78, 5) is 4.21. The number of methoxy groups -OCH3 is 1. The first-order valence-corrected chi connectivity index (χ1v) is 8.07. The number of aliphatic imine (C=N–C) groups is 1. The van der Waals surface area contributed by atoms with Crippen molar-refractivity contribution in [3.63, 3.8) is 0 Å². The lowest BCUT2D eigenvalue weighted by molar-refractivity contribution is 0.195. The van der Waals surface area contributed by atoms with Crippen LogP contribution in [0.5, 0.6) is 11.5 Å². The van der Waals surface area contributed by atoms with E-state index < -0.39 is 0 Å². The zero-order valence-electron chi connectivity index (χ0n) is 14.7. The molecule has 0 unspecified atom stereocenters. The number of para-hydroxylation sites is 1. The zero-order chi connectivity index (χ0) is 17.0. The molecule has 5 nitrogen and oxygen atoms in total. The molecule has 0 aliphatic carbocycles. The highest BCUT2D eigenvalue weighted by atomic mass is 127. The van der Waals surface area contributed by atoms with Crippen LogP contribution in [0.4, 0.5) is 0 Å². The summed E-state index contributed by atoms with van der Waals surface area (Å²) in [6, 6.07) is 17.8. The van der Waals surface area contributed by atoms with Gasteiger partial charge in [0.05, 0.1) is 0 Å². The van der Waals surface area contributed by atoms with Crippen LogP contribution in [0.25, 0.3) is 0 Å². The first kappa shape index (κ1) is 21.2. The van der Waals surface area contributed by atoms with E-state index in [1.807, 2.05) is 48.5 Å². The fourth-order valence-electron chi connectivity index (χ4n) is 2.17. The Kier molecular flexibility index (Phi) is 10.7. The SMILES string of the molecule is CN=C(NCCCOC)NCc1cccc(Oc2ccccc2)c1.I. The van der Waals surface area contributed by atoms with Crippen LogP contribution in [0.2, 0.25) is 0 Å². The van der Waals surface area contributed by atoms with Gasteiger partial charge in [-0.25, -0.2) is 0 Å². The molecule has 0 aliphatic heterocycles. The molecule has 136 valence electrons. The highest BCUT2D eigenvalue weighted by Crippen LogP contribution is 2.21. The molecule has 0 heterocycles. The number of hydrogen-bond acceptors (Lipinski definition) is 3. The summed E-state index contributed by atoms with van der Waals surface area (Å²) in [6.07, 6.45) is 0.942. The summed E-state index contributed by atoms with van der Waals surface area (Å²) in [5, 5.41) is 6.55. The first-order chi connectivity index (χ1) is 11.8. The maximum Gasteiger partial charge on any atom is 0.191 e. The average Bonchev–Trinajstić information content (AvgIpc) is 2.62. The van der Waals surface area contributed by atoms with Gasteiger partial charge in [0.2, 0.25) is 0 Å². The molecule has 2 rings (SSSR count). The predicted octanol–water partition coefficient (Wildman–Crippen LogP) is 3.80. The van der Waals surface area contributed by atoms with Gasteiger partial charge in [0, 0.05) is 33.9 Å². The number of halogens is 1. The van der Waals surface area contributed by atoms with Gasteiger partial charge in [-0.3, -0.25) is 4.99 Å². The van der Waals surface area contributed by atoms with E-state index in [1.165, 1.54) is 0 Å². The molecule has 0 bridgehead atoms. The van der Waals surface area contributed by atoms with Crippen molar-refractivity contribution < 1.29 is 9.47 Å². The third-order valence-corrected chi connectivity index (χ3v) is 3.38. The lowest BCUT2D eigenvalue weighted by Crippen LogP contribution is -2.37. The van der Waals surface area contributed by atoms with Crippen LogP contribution in [-0.4, -0.2) is 33.3 Å². The number of guanidine groups is 1. The van der Waals surface area contributed by atoms with Gasteiger partial charge in [0.1, 0.15) is 11.5 Å². The largest absolute Gasteiger partial charge is 0.457 e. The molecule has 0 saturated carbocycles. The fraction of sp³-hybridized carbons (Fsp3) is 0.316. The van der Waals surface area contributed by atoms with E-state index in [4.69, 9.17) is 9.47 Å². The van der Waals surface area contributed by atoms with Crippen LogP contribution < -0.4 is 15.4 Å². The molecule has 0 spiro atoms. The summed E-state index contributed by atoms with van der Waals surface area (Å²) in [6.45, 7) is 2.24. The summed E-state index contributed by atoms with van der Waals surface area (Å²) in [5.74, 6) is 2.43. The van der Waals surface area contributed by atoms with Crippen molar-refractivity contribution in [2.75, 3.05) is 27.3 Å². The van der Waals surface area contributed by atoms with E-state index in [9.17, 15) is 0 Å². The quantitative estimate of drug-likeness (QED) is 0.275. The number of nitrogens with one attached hydrogen (secondary N) is 2. The van der Waals surface area contributed by atoms with E-state index in [-0.39, 0.29) is 24.0 Å². The molecule has 0 aromatic heterocycles. The average molecular weight is 455 g/mol. The Morgan fingerprint density at radius 1 is 1.00 bits per heavy atom. The van der Waals surface area contributed by atoms with E-state index in [2.05, 4.69) is 21.7 Å². The van der Waals surface area contributed by atoms with Gasteiger partial charge in [-0.05, 0) is 36.2 Å². The van der Waals surface area contributed by atoms with Gasteiger partial charge in [-0.1, -0.05) is 30.3 Å². The molecule has 0 radical (unpaired) electrons. The van der Waals surface area contributed by atoms with Crippen LogP contribution in [-0.2, 0) is 11.3 Å². The van der Waals surface area contributed by atoms with Crippen LogP contribution in [0, 0.1) is 0 Å². The third-order valence-electron chi connectivity index (χ3n) is 3.38. The molecule has 0 amide bonds. The summed E-state index contributed by atoms with van der Waals surface area (Å²) in [7, 11) is 3.47. The van der Waals surface area contributed by atoms with Gasteiger partial charge in [0.15, 0.2) is 5.96 Å². The molecule has 25 heavy (non-hydrogen) atoms. The monoisotopic (exact) mass is 455 g/mol. The number of rotatable bonds is 8. The second kappa shape index (κ2) is 12.5. The van der Waals surface area contributed by atoms with Crippen LogP contribution in [0.15, 0.2) is 59.6 Å². The lowest BCUT2D eigenvalue weighted by Gasteiger charge is -2.12. The predicted molar refractivity (Wildman–Crippen MR) is 113 cm³/mol. The molecular weight excluding hydrogens is 429 g/mol. The normalized spacial score (nSPS) is 10.7. The highest BCUT2D eigenvalue weighted by Gasteiger charge is 2.01. The second-order valence-corrected chi connectivity index (χ2v) is 5.26. The van der Waals surface area contributed by atoms with Crippen molar-refractivity contribution in [1.82, 2.24) is 10.6 Å². The van der Waals surface area contributed by atoms with Gasteiger partial charge in [0.25, 0.3) is 0 Å². The van der Waals surface area contributed by atoms with Gasteiger partial charge >= 0.3 is 0 Å². The van der Waals surface area contributed by atoms with Gasteiger partial charge in [-0.15, -0.1) is 24.0 Å². The Morgan fingerprint density at radius 2 is 1.76 bits per heavy atom. The summed E-state index contributed by atoms with van der Waals surface area (Å²) < 4.78 is 10.9. The number of nitrogens with zero attached hydrogens (tertiary/aromatic N) is 1. The van der Waals surface area contributed by atoms with Crippen molar-refractivity contribution >= 4 is 29.9 Å². The topological polar surface area (TPSA) is 54.9 Å². The lowest BCUT2D eigenvalue weighted by atomic mass is 10.2. The maximum absolute atomic E-state index is 5.86. The smallest absolute Gasteiger partial charge is 0.191 e. The fourth-order valence-corrected chi connectivity index (χ4v) is 2.17. The van der Waals surface area contributed by atoms with Crippen LogP contribution >= 0.6 is 24.0 Å². The Balaban J connectivity index is 0.00000312. The van der Waals surface area contributed by atoms with Crippen molar-refractivity contribution in [1.29, 1.82) is 0 Å². The number of hydrogen-bond donors (Lipinski definition) is 2. The van der Waals surface area contributed by atoms with E-state index in [0.29, 0.717) is 6.54 Å². The minimum atomic E-state index is 0. The Bertz CT molecular complexity index is 636. The maximum atomic E-state index is 5.86. The minimum absolute atomic E-state index is 0. The third kappa shape index (κ3) is 8.22. The van der Waals surface area contributed by atoms with Crippen molar-refractivity contribution in [3.8, 4) is 11.5 Å². The minimum Gasteiger partial charge on any atom is -0.457 e. The van der Waals surface area contributed by atoms with Crippen molar-refractivity contribution in [3.05, 3.63) is 60.2 Å². The zero-order valence-corrected chi connectivity index (χ0v) is 17.0. The van der Waals surface area contributed by atoms with E-state index in [0.717, 1.165) is 42.6 Å². The molecule has 0 atom stereocenters.